The van der Waals surface area contributed by atoms with Crippen LogP contribution < -0.4 is 5.32 Å². The molecule has 6 heteroatoms. The summed E-state index contributed by atoms with van der Waals surface area (Å²) in [6, 6.07) is 4.94. The third-order valence-corrected chi connectivity index (χ3v) is 2.89. The van der Waals surface area contributed by atoms with E-state index in [0.717, 1.165) is 4.47 Å². The number of likely N-dealkylation sites (N-methyl/N-ethyl adjacent to an activating group) is 2. The van der Waals surface area contributed by atoms with Crippen LogP contribution in [0.2, 0.25) is 5.02 Å². The van der Waals surface area contributed by atoms with E-state index in [1.165, 1.54) is 4.90 Å². The highest BCUT2D eigenvalue weighted by molar-refractivity contribution is 9.10. The lowest BCUT2D eigenvalue weighted by molar-refractivity contribution is -0.121. The number of halogens is 2. The smallest absolute Gasteiger partial charge is 0.254 e. The molecular formula is C12H14BrClN2O2. The fourth-order valence-corrected chi connectivity index (χ4v) is 2.30. The van der Waals surface area contributed by atoms with Crippen molar-refractivity contribution in [3.8, 4) is 0 Å². The summed E-state index contributed by atoms with van der Waals surface area (Å²) in [7, 11) is 1.58. The second kappa shape index (κ2) is 6.75. The first-order valence-corrected chi connectivity index (χ1v) is 6.59. The minimum atomic E-state index is -0.246. The Balaban J connectivity index is 2.77. The van der Waals surface area contributed by atoms with E-state index in [4.69, 9.17) is 11.6 Å². The highest BCUT2D eigenvalue weighted by Crippen LogP contribution is 2.20. The van der Waals surface area contributed by atoms with Crippen LogP contribution in [0.15, 0.2) is 22.7 Å². The molecule has 0 aliphatic heterocycles. The molecule has 0 saturated heterocycles. The van der Waals surface area contributed by atoms with Gasteiger partial charge in [-0.05, 0) is 25.1 Å². The van der Waals surface area contributed by atoms with Crippen LogP contribution in [0.4, 0.5) is 0 Å². The van der Waals surface area contributed by atoms with Gasteiger partial charge in [0.1, 0.15) is 0 Å². The second-order valence-corrected chi connectivity index (χ2v) is 5.12. The molecule has 18 heavy (non-hydrogen) atoms. The van der Waals surface area contributed by atoms with Crippen molar-refractivity contribution in [1.82, 2.24) is 10.2 Å². The third kappa shape index (κ3) is 4.31. The Bertz CT molecular complexity index is 445. The van der Waals surface area contributed by atoms with Crippen molar-refractivity contribution < 1.29 is 9.59 Å². The van der Waals surface area contributed by atoms with E-state index in [2.05, 4.69) is 21.2 Å². The van der Waals surface area contributed by atoms with E-state index in [1.807, 2.05) is 6.92 Å². The van der Waals surface area contributed by atoms with Crippen molar-refractivity contribution in [3.63, 3.8) is 0 Å². The maximum Gasteiger partial charge on any atom is 0.254 e. The summed E-state index contributed by atoms with van der Waals surface area (Å²) in [4.78, 5) is 24.8. The van der Waals surface area contributed by atoms with Gasteiger partial charge in [0.25, 0.3) is 5.91 Å². The summed E-state index contributed by atoms with van der Waals surface area (Å²) in [5.41, 5.74) is 0.446. The van der Waals surface area contributed by atoms with Gasteiger partial charge in [0, 0.05) is 28.7 Å². The van der Waals surface area contributed by atoms with Crippen LogP contribution in [0.1, 0.15) is 17.3 Å². The molecule has 0 unspecified atom stereocenters. The summed E-state index contributed by atoms with van der Waals surface area (Å²) < 4.78 is 0.727. The summed E-state index contributed by atoms with van der Waals surface area (Å²) in [5.74, 6) is -0.432. The molecule has 0 spiro atoms. The molecule has 1 N–H and O–H groups in total. The first-order valence-electron chi connectivity index (χ1n) is 5.42. The number of rotatable bonds is 4. The van der Waals surface area contributed by atoms with Crippen LogP contribution in [0.3, 0.4) is 0 Å². The van der Waals surface area contributed by atoms with Crippen molar-refractivity contribution in [2.24, 2.45) is 0 Å². The monoisotopic (exact) mass is 332 g/mol. The molecule has 0 heterocycles. The molecule has 0 aromatic heterocycles. The number of nitrogens with one attached hydrogen (secondary N) is 1. The summed E-state index contributed by atoms with van der Waals surface area (Å²) in [5, 5.41) is 3.11. The number of amides is 2. The maximum atomic E-state index is 12.1. The molecule has 98 valence electrons. The molecule has 0 atom stereocenters. The van der Waals surface area contributed by atoms with Crippen molar-refractivity contribution in [1.29, 1.82) is 0 Å². The van der Waals surface area contributed by atoms with Gasteiger partial charge in [-0.1, -0.05) is 27.5 Å². The standard InChI is InChI=1S/C12H14BrClN2O2/c1-3-15-11(17)7-16(2)12(18)8-4-9(13)6-10(14)5-8/h4-6H,3,7H2,1-2H3,(H,15,17). The van der Waals surface area contributed by atoms with E-state index in [0.29, 0.717) is 17.1 Å². The lowest BCUT2D eigenvalue weighted by atomic mass is 10.2. The van der Waals surface area contributed by atoms with Crippen LogP contribution in [0.5, 0.6) is 0 Å². The predicted molar refractivity (Wildman–Crippen MR) is 74.8 cm³/mol. The van der Waals surface area contributed by atoms with Crippen LogP contribution in [0.25, 0.3) is 0 Å². The molecule has 0 bridgehead atoms. The van der Waals surface area contributed by atoms with Crippen LogP contribution in [0, 0.1) is 0 Å². The van der Waals surface area contributed by atoms with Gasteiger partial charge in [-0.25, -0.2) is 0 Å². The summed E-state index contributed by atoms with van der Waals surface area (Å²) in [6.07, 6.45) is 0. The number of hydrogen-bond donors (Lipinski definition) is 1. The van der Waals surface area contributed by atoms with E-state index < -0.39 is 0 Å². The van der Waals surface area contributed by atoms with Gasteiger partial charge in [-0.2, -0.15) is 0 Å². The molecule has 0 fully saturated rings. The van der Waals surface area contributed by atoms with E-state index in [-0.39, 0.29) is 18.4 Å². The fraction of sp³-hybridized carbons (Fsp3) is 0.333. The zero-order valence-corrected chi connectivity index (χ0v) is 12.5. The number of hydrogen-bond acceptors (Lipinski definition) is 2. The lowest BCUT2D eigenvalue weighted by Gasteiger charge is -2.16. The Morgan fingerprint density at radius 2 is 2.06 bits per heavy atom. The van der Waals surface area contributed by atoms with Gasteiger partial charge < -0.3 is 10.2 Å². The normalized spacial score (nSPS) is 10.0. The Kier molecular flexibility index (Phi) is 5.62. The van der Waals surface area contributed by atoms with E-state index >= 15 is 0 Å². The van der Waals surface area contributed by atoms with E-state index in [9.17, 15) is 9.59 Å². The predicted octanol–water partition coefficient (Wildman–Crippen LogP) is 2.31. The number of nitrogens with zero attached hydrogens (tertiary/aromatic N) is 1. The average Bonchev–Trinajstić information content (AvgIpc) is 2.26. The first kappa shape index (κ1) is 15.0. The quantitative estimate of drug-likeness (QED) is 0.919. The van der Waals surface area contributed by atoms with Crippen LogP contribution in [-0.2, 0) is 4.79 Å². The van der Waals surface area contributed by atoms with Crippen molar-refractivity contribution >= 4 is 39.3 Å². The van der Waals surface area contributed by atoms with Gasteiger partial charge in [0.05, 0.1) is 6.54 Å². The van der Waals surface area contributed by atoms with Crippen LogP contribution in [-0.4, -0.2) is 36.9 Å². The Morgan fingerprint density at radius 1 is 1.39 bits per heavy atom. The molecule has 1 aromatic carbocycles. The average molecular weight is 334 g/mol. The third-order valence-electron chi connectivity index (χ3n) is 2.21. The summed E-state index contributed by atoms with van der Waals surface area (Å²) >= 11 is 9.15. The van der Waals surface area contributed by atoms with Crippen LogP contribution >= 0.6 is 27.5 Å². The number of benzene rings is 1. The van der Waals surface area contributed by atoms with Crippen molar-refractivity contribution in [2.45, 2.75) is 6.92 Å². The van der Waals surface area contributed by atoms with Gasteiger partial charge in [0.15, 0.2) is 0 Å². The van der Waals surface area contributed by atoms with Gasteiger partial charge in [-0.3, -0.25) is 9.59 Å². The minimum Gasteiger partial charge on any atom is -0.355 e. The molecule has 2 amide bonds. The molecule has 0 aliphatic carbocycles. The van der Waals surface area contributed by atoms with E-state index in [1.54, 1.807) is 25.2 Å². The van der Waals surface area contributed by atoms with Crippen molar-refractivity contribution in [2.75, 3.05) is 20.1 Å². The van der Waals surface area contributed by atoms with Crippen molar-refractivity contribution in [3.05, 3.63) is 33.3 Å². The zero-order chi connectivity index (χ0) is 13.7. The Labute approximate surface area is 119 Å². The molecule has 1 aromatic rings. The second-order valence-electron chi connectivity index (χ2n) is 3.77. The van der Waals surface area contributed by atoms with Gasteiger partial charge in [-0.15, -0.1) is 0 Å². The molecule has 0 saturated carbocycles. The zero-order valence-electron chi connectivity index (χ0n) is 10.2. The number of carbonyl (C=O) groups excluding carboxylic acids is 2. The Hall–Kier alpha value is -1.07. The van der Waals surface area contributed by atoms with Gasteiger partial charge in [0.2, 0.25) is 5.91 Å². The highest BCUT2D eigenvalue weighted by Gasteiger charge is 2.15. The SMILES string of the molecule is CCNC(=O)CN(C)C(=O)c1cc(Cl)cc(Br)c1. The Morgan fingerprint density at radius 3 is 2.61 bits per heavy atom. The maximum absolute atomic E-state index is 12.1. The lowest BCUT2D eigenvalue weighted by Crippen LogP contribution is -2.38. The topological polar surface area (TPSA) is 49.4 Å². The molecule has 4 nitrogen and oxygen atoms in total. The molecule has 1 rings (SSSR count). The largest absolute Gasteiger partial charge is 0.355 e. The highest BCUT2D eigenvalue weighted by atomic mass is 79.9. The van der Waals surface area contributed by atoms with Gasteiger partial charge >= 0.3 is 0 Å². The molecule has 0 aliphatic rings. The molecular weight excluding hydrogens is 320 g/mol. The first-order chi connectivity index (χ1) is 8.43. The summed E-state index contributed by atoms with van der Waals surface area (Å²) in [6.45, 7) is 2.40. The molecule has 0 radical (unpaired) electrons. The fourth-order valence-electron chi connectivity index (χ4n) is 1.44. The number of carbonyl (C=O) groups is 2. The minimum absolute atomic E-state index is 0.0246.